The molecule has 0 aromatic carbocycles. The number of hydrogen-bond donors (Lipinski definition) is 3. The Morgan fingerprint density at radius 2 is 2.09 bits per heavy atom. The first-order valence-electron chi connectivity index (χ1n) is 7.62. The molecule has 8 nitrogen and oxygen atoms in total. The zero-order chi connectivity index (χ0) is 15.9. The smallest absolute Gasteiger partial charge is 0.272 e. The standard InChI is InChI=1S/C15H20N6O2/c22-14(13-2-1-3-16-13)20-12-10-18-15(19-11-12)17-4-5-21-6-8-23-9-7-21/h1-3,10-11,16H,4-9H2,(H,20,22)(H,17,18,19). The van der Waals surface area contributed by atoms with Crippen LogP contribution < -0.4 is 10.6 Å². The lowest BCUT2D eigenvalue weighted by atomic mass is 10.4. The van der Waals surface area contributed by atoms with Gasteiger partial charge < -0.3 is 20.4 Å². The fraction of sp³-hybridized carbons (Fsp3) is 0.400. The van der Waals surface area contributed by atoms with Crippen molar-refractivity contribution in [3.8, 4) is 0 Å². The third kappa shape index (κ3) is 4.51. The Hall–Kier alpha value is -2.45. The normalized spacial score (nSPS) is 15.3. The quantitative estimate of drug-likeness (QED) is 0.730. The first-order chi connectivity index (χ1) is 11.3. The second kappa shape index (κ2) is 7.70. The topological polar surface area (TPSA) is 95.2 Å². The van der Waals surface area contributed by atoms with Gasteiger partial charge in [0.1, 0.15) is 5.69 Å². The minimum Gasteiger partial charge on any atom is -0.379 e. The number of carbonyl (C=O) groups excluding carboxylic acids is 1. The summed E-state index contributed by atoms with van der Waals surface area (Å²) in [5, 5.41) is 5.91. The highest BCUT2D eigenvalue weighted by molar-refractivity contribution is 6.02. The summed E-state index contributed by atoms with van der Waals surface area (Å²) in [6.45, 7) is 5.22. The number of aromatic amines is 1. The lowest BCUT2D eigenvalue weighted by Crippen LogP contribution is -2.39. The molecular weight excluding hydrogens is 296 g/mol. The van der Waals surface area contributed by atoms with Crippen molar-refractivity contribution >= 4 is 17.5 Å². The van der Waals surface area contributed by atoms with E-state index in [0.717, 1.165) is 39.4 Å². The van der Waals surface area contributed by atoms with E-state index < -0.39 is 0 Å². The van der Waals surface area contributed by atoms with Crippen molar-refractivity contribution in [1.29, 1.82) is 0 Å². The molecule has 1 aliphatic heterocycles. The lowest BCUT2D eigenvalue weighted by molar-refractivity contribution is 0.0398. The highest BCUT2D eigenvalue weighted by Gasteiger charge is 2.10. The number of aromatic nitrogens is 3. The van der Waals surface area contributed by atoms with Crippen LogP contribution in [0.2, 0.25) is 0 Å². The number of nitrogens with one attached hydrogen (secondary N) is 3. The van der Waals surface area contributed by atoms with Gasteiger partial charge in [0.05, 0.1) is 31.3 Å². The van der Waals surface area contributed by atoms with Crippen LogP contribution in [0, 0.1) is 0 Å². The third-order valence-electron chi connectivity index (χ3n) is 3.57. The van der Waals surface area contributed by atoms with Crippen LogP contribution in [-0.4, -0.2) is 65.2 Å². The van der Waals surface area contributed by atoms with Gasteiger partial charge >= 0.3 is 0 Å². The van der Waals surface area contributed by atoms with E-state index in [1.165, 1.54) is 0 Å². The predicted octanol–water partition coefficient (Wildman–Crippen LogP) is 0.801. The van der Waals surface area contributed by atoms with Gasteiger partial charge in [-0.05, 0) is 12.1 Å². The summed E-state index contributed by atoms with van der Waals surface area (Å²) in [5.74, 6) is 0.336. The molecule has 0 aliphatic carbocycles. The van der Waals surface area contributed by atoms with Crippen molar-refractivity contribution in [2.45, 2.75) is 0 Å². The molecule has 3 rings (SSSR count). The highest BCUT2D eigenvalue weighted by Crippen LogP contribution is 2.07. The largest absolute Gasteiger partial charge is 0.379 e. The molecule has 0 atom stereocenters. The molecule has 1 aliphatic rings. The predicted molar refractivity (Wildman–Crippen MR) is 86.5 cm³/mol. The Bertz CT molecular complexity index is 607. The van der Waals surface area contributed by atoms with E-state index in [1.807, 2.05) is 0 Å². The minimum absolute atomic E-state index is 0.216. The number of amides is 1. The molecule has 8 heteroatoms. The van der Waals surface area contributed by atoms with Crippen molar-refractivity contribution in [3.05, 3.63) is 36.4 Å². The minimum atomic E-state index is -0.216. The second-order valence-corrected chi connectivity index (χ2v) is 5.21. The second-order valence-electron chi connectivity index (χ2n) is 5.21. The zero-order valence-electron chi connectivity index (χ0n) is 12.8. The summed E-state index contributed by atoms with van der Waals surface area (Å²) in [4.78, 5) is 25.5. The fourth-order valence-corrected chi connectivity index (χ4v) is 2.30. The summed E-state index contributed by atoms with van der Waals surface area (Å²) in [6.07, 6.45) is 4.88. The molecule has 3 N–H and O–H groups in total. The molecule has 0 unspecified atom stereocenters. The van der Waals surface area contributed by atoms with Crippen molar-refractivity contribution in [2.75, 3.05) is 50.0 Å². The van der Waals surface area contributed by atoms with Crippen LogP contribution in [0.1, 0.15) is 10.5 Å². The van der Waals surface area contributed by atoms with Crippen molar-refractivity contribution in [2.24, 2.45) is 0 Å². The molecule has 122 valence electrons. The summed E-state index contributed by atoms with van der Waals surface area (Å²) in [5.41, 5.74) is 1.06. The van der Waals surface area contributed by atoms with Gasteiger partial charge in [-0.2, -0.15) is 0 Å². The average molecular weight is 316 g/mol. The SMILES string of the molecule is O=C(Nc1cnc(NCCN2CCOCC2)nc1)c1ccc[nH]1. The van der Waals surface area contributed by atoms with Crippen LogP contribution in [0.25, 0.3) is 0 Å². The summed E-state index contributed by atoms with van der Waals surface area (Å²) < 4.78 is 5.31. The maximum Gasteiger partial charge on any atom is 0.272 e. The third-order valence-corrected chi connectivity index (χ3v) is 3.57. The Balaban J connectivity index is 1.44. The number of H-pyrrole nitrogens is 1. The van der Waals surface area contributed by atoms with Crippen molar-refractivity contribution in [1.82, 2.24) is 19.9 Å². The van der Waals surface area contributed by atoms with Gasteiger partial charge in [0.15, 0.2) is 0 Å². The lowest BCUT2D eigenvalue weighted by Gasteiger charge is -2.26. The molecule has 1 saturated heterocycles. The van der Waals surface area contributed by atoms with Crippen LogP contribution in [0.4, 0.5) is 11.6 Å². The number of anilines is 2. The summed E-state index contributed by atoms with van der Waals surface area (Å²) in [7, 11) is 0. The van der Waals surface area contributed by atoms with E-state index in [9.17, 15) is 4.79 Å². The average Bonchev–Trinajstić information content (AvgIpc) is 3.12. The molecule has 1 fully saturated rings. The van der Waals surface area contributed by atoms with Gasteiger partial charge in [0.2, 0.25) is 5.95 Å². The molecule has 2 aromatic heterocycles. The Morgan fingerprint density at radius 3 is 2.78 bits per heavy atom. The monoisotopic (exact) mass is 316 g/mol. The number of hydrogen-bond acceptors (Lipinski definition) is 6. The van der Waals surface area contributed by atoms with E-state index in [2.05, 4.69) is 30.5 Å². The number of carbonyl (C=O) groups is 1. The van der Waals surface area contributed by atoms with E-state index >= 15 is 0 Å². The zero-order valence-corrected chi connectivity index (χ0v) is 12.8. The maximum atomic E-state index is 11.9. The van der Waals surface area contributed by atoms with Crippen LogP contribution >= 0.6 is 0 Å². The van der Waals surface area contributed by atoms with E-state index in [4.69, 9.17) is 4.74 Å². The maximum absolute atomic E-state index is 11.9. The van der Waals surface area contributed by atoms with Crippen LogP contribution in [0.5, 0.6) is 0 Å². The molecule has 0 saturated carbocycles. The highest BCUT2D eigenvalue weighted by atomic mass is 16.5. The molecule has 0 bridgehead atoms. The van der Waals surface area contributed by atoms with Crippen LogP contribution in [0.3, 0.4) is 0 Å². The molecule has 0 radical (unpaired) electrons. The Labute approximate surface area is 134 Å². The van der Waals surface area contributed by atoms with Gasteiger partial charge in [-0.15, -0.1) is 0 Å². The van der Waals surface area contributed by atoms with Crippen LogP contribution in [-0.2, 0) is 4.74 Å². The Morgan fingerprint density at radius 1 is 1.30 bits per heavy atom. The van der Waals surface area contributed by atoms with Gasteiger partial charge in [0.25, 0.3) is 5.91 Å². The molecule has 3 heterocycles. The molecule has 23 heavy (non-hydrogen) atoms. The first kappa shape index (κ1) is 15.4. The Kier molecular flexibility index (Phi) is 5.17. The summed E-state index contributed by atoms with van der Waals surface area (Å²) >= 11 is 0. The number of nitrogens with zero attached hydrogens (tertiary/aromatic N) is 3. The number of morpholine rings is 1. The van der Waals surface area contributed by atoms with Crippen molar-refractivity contribution < 1.29 is 9.53 Å². The van der Waals surface area contributed by atoms with E-state index in [-0.39, 0.29) is 5.91 Å². The molecule has 1 amide bonds. The number of rotatable bonds is 6. The van der Waals surface area contributed by atoms with E-state index in [1.54, 1.807) is 30.7 Å². The number of ether oxygens (including phenoxy) is 1. The van der Waals surface area contributed by atoms with Gasteiger partial charge in [-0.1, -0.05) is 0 Å². The van der Waals surface area contributed by atoms with Crippen LogP contribution in [0.15, 0.2) is 30.7 Å². The van der Waals surface area contributed by atoms with Gasteiger partial charge in [-0.3, -0.25) is 9.69 Å². The van der Waals surface area contributed by atoms with Gasteiger partial charge in [-0.25, -0.2) is 9.97 Å². The van der Waals surface area contributed by atoms with Crippen molar-refractivity contribution in [3.63, 3.8) is 0 Å². The molecular formula is C15H20N6O2. The molecule has 2 aromatic rings. The van der Waals surface area contributed by atoms with E-state index in [0.29, 0.717) is 17.3 Å². The first-order valence-corrected chi connectivity index (χ1v) is 7.62. The summed E-state index contributed by atoms with van der Waals surface area (Å²) in [6, 6.07) is 3.48. The fourth-order valence-electron chi connectivity index (χ4n) is 2.30. The van der Waals surface area contributed by atoms with Gasteiger partial charge in [0, 0.05) is 32.4 Å². The molecule has 0 spiro atoms.